The van der Waals surface area contributed by atoms with Gasteiger partial charge in [0.2, 0.25) is 5.91 Å². The number of hydrogen-bond donors (Lipinski definition) is 1. The van der Waals surface area contributed by atoms with Crippen LogP contribution >= 0.6 is 0 Å². The molecule has 0 bridgehead atoms. The Kier molecular flexibility index (Phi) is 6.08. The van der Waals surface area contributed by atoms with Crippen molar-refractivity contribution in [2.75, 3.05) is 31.1 Å². The molecule has 2 heterocycles. The van der Waals surface area contributed by atoms with Gasteiger partial charge in [-0.1, -0.05) is 18.6 Å². The minimum atomic E-state index is -0.0815. The number of hydrogen-bond acceptors (Lipinski definition) is 3. The Hall–Kier alpha value is -1.88. The predicted molar refractivity (Wildman–Crippen MR) is 99.9 cm³/mol. The summed E-state index contributed by atoms with van der Waals surface area (Å²) in [4.78, 5) is 28.8. The second-order valence-electron chi connectivity index (χ2n) is 7.16. The molecule has 2 saturated heterocycles. The van der Waals surface area contributed by atoms with Crippen LogP contribution in [-0.2, 0) is 4.79 Å². The maximum Gasteiger partial charge on any atom is 0.253 e. The van der Waals surface area contributed by atoms with Gasteiger partial charge in [0.15, 0.2) is 0 Å². The third-order valence-electron chi connectivity index (χ3n) is 5.36. The second-order valence-corrected chi connectivity index (χ2v) is 7.16. The van der Waals surface area contributed by atoms with E-state index in [2.05, 4.69) is 17.1 Å². The summed E-state index contributed by atoms with van der Waals surface area (Å²) in [6.45, 7) is 5.88. The standard InChI is InChI=1S/C20H29N3O2/c1-16-8-4-5-13-22(16)14-7-12-21-20(25)17-9-2-3-10-18(17)23-15-6-11-19(23)24/h2-3,9-10,16H,4-8,11-15H2,1H3,(H,21,25)/t16-/m1/s1. The lowest BCUT2D eigenvalue weighted by Crippen LogP contribution is -2.39. The molecule has 0 radical (unpaired) electrons. The highest BCUT2D eigenvalue weighted by atomic mass is 16.2. The Balaban J connectivity index is 1.52. The van der Waals surface area contributed by atoms with Gasteiger partial charge in [0, 0.05) is 32.1 Å². The molecule has 2 aliphatic rings. The van der Waals surface area contributed by atoms with E-state index in [4.69, 9.17) is 0 Å². The Morgan fingerprint density at radius 1 is 1.20 bits per heavy atom. The summed E-state index contributed by atoms with van der Waals surface area (Å²) in [6.07, 6.45) is 6.30. The number of benzene rings is 1. The topological polar surface area (TPSA) is 52.7 Å². The third-order valence-corrected chi connectivity index (χ3v) is 5.36. The zero-order valence-electron chi connectivity index (χ0n) is 15.2. The fourth-order valence-corrected chi connectivity index (χ4v) is 3.87. The molecule has 2 amide bonds. The van der Waals surface area contributed by atoms with Gasteiger partial charge in [-0.2, -0.15) is 0 Å². The van der Waals surface area contributed by atoms with Crippen molar-refractivity contribution in [3.05, 3.63) is 29.8 Å². The van der Waals surface area contributed by atoms with E-state index in [-0.39, 0.29) is 11.8 Å². The maximum absolute atomic E-state index is 12.6. The first-order valence-electron chi connectivity index (χ1n) is 9.58. The van der Waals surface area contributed by atoms with Crippen molar-refractivity contribution >= 4 is 17.5 Å². The van der Waals surface area contributed by atoms with Gasteiger partial charge in [0.05, 0.1) is 11.3 Å². The van der Waals surface area contributed by atoms with Gasteiger partial charge in [-0.15, -0.1) is 0 Å². The molecule has 2 fully saturated rings. The lowest BCUT2D eigenvalue weighted by Gasteiger charge is -2.33. The van der Waals surface area contributed by atoms with Crippen LogP contribution in [0.3, 0.4) is 0 Å². The summed E-state index contributed by atoms with van der Waals surface area (Å²) in [6, 6.07) is 8.08. The summed E-state index contributed by atoms with van der Waals surface area (Å²) < 4.78 is 0. The minimum Gasteiger partial charge on any atom is -0.352 e. The van der Waals surface area contributed by atoms with Crippen LogP contribution in [0, 0.1) is 0 Å². The number of piperidine rings is 1. The van der Waals surface area contributed by atoms with E-state index in [9.17, 15) is 9.59 Å². The minimum absolute atomic E-state index is 0.0815. The second kappa shape index (κ2) is 8.48. The van der Waals surface area contributed by atoms with Crippen LogP contribution < -0.4 is 10.2 Å². The molecule has 1 aromatic carbocycles. The van der Waals surface area contributed by atoms with Crippen molar-refractivity contribution < 1.29 is 9.59 Å². The van der Waals surface area contributed by atoms with E-state index in [1.165, 1.54) is 25.8 Å². The highest BCUT2D eigenvalue weighted by Crippen LogP contribution is 2.25. The van der Waals surface area contributed by atoms with E-state index in [0.717, 1.165) is 25.1 Å². The van der Waals surface area contributed by atoms with E-state index >= 15 is 0 Å². The van der Waals surface area contributed by atoms with Gasteiger partial charge in [-0.25, -0.2) is 0 Å². The molecular formula is C20H29N3O2. The van der Waals surface area contributed by atoms with Gasteiger partial charge in [-0.3, -0.25) is 9.59 Å². The number of rotatable bonds is 6. The summed E-state index contributed by atoms with van der Waals surface area (Å²) in [7, 11) is 0. The average Bonchev–Trinajstić information content (AvgIpc) is 3.06. The number of carbonyl (C=O) groups is 2. The first-order chi connectivity index (χ1) is 12.2. The molecule has 1 atom stereocenters. The van der Waals surface area contributed by atoms with Crippen LogP contribution in [0.5, 0.6) is 0 Å². The molecule has 2 aliphatic heterocycles. The lowest BCUT2D eigenvalue weighted by molar-refractivity contribution is -0.117. The zero-order chi connectivity index (χ0) is 17.6. The molecule has 0 aliphatic carbocycles. The predicted octanol–water partition coefficient (Wildman–Crippen LogP) is 2.81. The van der Waals surface area contributed by atoms with Gasteiger partial charge >= 0.3 is 0 Å². The van der Waals surface area contributed by atoms with Gasteiger partial charge in [0.25, 0.3) is 5.91 Å². The third kappa shape index (κ3) is 4.40. The molecule has 0 unspecified atom stereocenters. The van der Waals surface area contributed by atoms with Crippen LogP contribution in [0.1, 0.15) is 55.8 Å². The smallest absolute Gasteiger partial charge is 0.253 e. The van der Waals surface area contributed by atoms with Crippen LogP contribution in [-0.4, -0.2) is 48.9 Å². The zero-order valence-corrected chi connectivity index (χ0v) is 15.2. The van der Waals surface area contributed by atoms with Crippen molar-refractivity contribution in [2.45, 2.75) is 51.5 Å². The number of carbonyl (C=O) groups excluding carboxylic acids is 2. The summed E-state index contributed by atoms with van der Waals surface area (Å²) in [5, 5.41) is 3.03. The Bertz CT molecular complexity index is 617. The quantitative estimate of drug-likeness (QED) is 0.808. The van der Waals surface area contributed by atoms with E-state index in [1.807, 2.05) is 24.3 Å². The molecular weight excluding hydrogens is 314 g/mol. The highest BCUT2D eigenvalue weighted by Gasteiger charge is 2.25. The maximum atomic E-state index is 12.6. The molecule has 0 saturated carbocycles. The Morgan fingerprint density at radius 3 is 2.80 bits per heavy atom. The summed E-state index contributed by atoms with van der Waals surface area (Å²) in [5.74, 6) is 0.0290. The molecule has 1 aromatic rings. The number of anilines is 1. The Labute approximate surface area is 150 Å². The molecule has 5 nitrogen and oxygen atoms in total. The van der Waals surface area contributed by atoms with E-state index in [0.29, 0.717) is 31.1 Å². The van der Waals surface area contributed by atoms with Gasteiger partial charge < -0.3 is 15.1 Å². The van der Waals surface area contributed by atoms with Crippen molar-refractivity contribution in [1.82, 2.24) is 10.2 Å². The van der Waals surface area contributed by atoms with Gasteiger partial charge in [-0.05, 0) is 51.3 Å². The van der Waals surface area contributed by atoms with Crippen molar-refractivity contribution in [1.29, 1.82) is 0 Å². The lowest BCUT2D eigenvalue weighted by atomic mass is 10.0. The Morgan fingerprint density at radius 2 is 2.04 bits per heavy atom. The van der Waals surface area contributed by atoms with Crippen LogP contribution in [0.15, 0.2) is 24.3 Å². The van der Waals surface area contributed by atoms with Gasteiger partial charge in [0.1, 0.15) is 0 Å². The average molecular weight is 343 g/mol. The summed E-state index contributed by atoms with van der Waals surface area (Å²) >= 11 is 0. The number of nitrogens with one attached hydrogen (secondary N) is 1. The first kappa shape index (κ1) is 17.9. The molecule has 1 N–H and O–H groups in total. The number of amides is 2. The van der Waals surface area contributed by atoms with E-state index < -0.39 is 0 Å². The van der Waals surface area contributed by atoms with Crippen molar-refractivity contribution in [2.24, 2.45) is 0 Å². The molecule has 25 heavy (non-hydrogen) atoms. The number of para-hydroxylation sites is 1. The van der Waals surface area contributed by atoms with Crippen LogP contribution in [0.25, 0.3) is 0 Å². The monoisotopic (exact) mass is 343 g/mol. The van der Waals surface area contributed by atoms with E-state index in [1.54, 1.807) is 4.90 Å². The van der Waals surface area contributed by atoms with Crippen molar-refractivity contribution in [3.63, 3.8) is 0 Å². The highest BCUT2D eigenvalue weighted by molar-refractivity contribution is 6.05. The fraction of sp³-hybridized carbons (Fsp3) is 0.600. The normalized spacial score (nSPS) is 21.6. The number of likely N-dealkylation sites (tertiary alicyclic amines) is 1. The molecule has 136 valence electrons. The molecule has 3 rings (SSSR count). The molecule has 0 spiro atoms. The van der Waals surface area contributed by atoms with Crippen LogP contribution in [0.2, 0.25) is 0 Å². The van der Waals surface area contributed by atoms with Crippen molar-refractivity contribution in [3.8, 4) is 0 Å². The molecule has 5 heteroatoms. The largest absolute Gasteiger partial charge is 0.352 e. The van der Waals surface area contributed by atoms with Crippen LogP contribution in [0.4, 0.5) is 5.69 Å². The fourth-order valence-electron chi connectivity index (χ4n) is 3.87. The first-order valence-corrected chi connectivity index (χ1v) is 9.58. The molecule has 0 aromatic heterocycles. The SMILES string of the molecule is C[C@@H]1CCCCN1CCCNC(=O)c1ccccc1N1CCCC1=O. The summed E-state index contributed by atoms with van der Waals surface area (Å²) in [5.41, 5.74) is 1.34. The number of nitrogens with zero attached hydrogens (tertiary/aromatic N) is 2.